The highest BCUT2D eigenvalue weighted by Crippen LogP contribution is 2.44. The average Bonchev–Trinajstić information content (AvgIpc) is 3.25. The number of nitrogens with zero attached hydrogens (tertiary/aromatic N) is 1. The second-order valence-corrected chi connectivity index (χ2v) is 11.5. The van der Waals surface area contributed by atoms with Gasteiger partial charge < -0.3 is 14.7 Å². The fraction of sp³-hybridized carbons (Fsp3) is 0.333. The summed E-state index contributed by atoms with van der Waals surface area (Å²) in [5.74, 6) is -1.23. The normalized spacial score (nSPS) is 14.0. The van der Waals surface area contributed by atoms with Crippen LogP contribution in [0.2, 0.25) is 10.0 Å². The van der Waals surface area contributed by atoms with Gasteiger partial charge in [-0.05, 0) is 93.1 Å². The van der Waals surface area contributed by atoms with Gasteiger partial charge in [-0.25, -0.2) is 4.79 Å². The zero-order chi connectivity index (χ0) is 27.2. The van der Waals surface area contributed by atoms with E-state index in [-0.39, 0.29) is 5.91 Å². The van der Waals surface area contributed by atoms with E-state index in [2.05, 4.69) is 0 Å². The van der Waals surface area contributed by atoms with E-state index in [4.69, 9.17) is 27.9 Å². The Morgan fingerprint density at radius 2 is 1.46 bits per heavy atom. The zero-order valence-corrected chi connectivity index (χ0v) is 23.4. The highest BCUT2D eigenvalue weighted by Gasteiger charge is 2.36. The molecule has 0 saturated carbocycles. The van der Waals surface area contributed by atoms with Gasteiger partial charge in [-0.2, -0.15) is 0 Å². The van der Waals surface area contributed by atoms with E-state index in [1.807, 2.05) is 65.8 Å². The molecule has 1 heterocycles. The lowest BCUT2D eigenvalue weighted by Crippen LogP contribution is -2.28. The number of hydrogen-bond acceptors (Lipinski definition) is 3. The van der Waals surface area contributed by atoms with Crippen LogP contribution in [-0.4, -0.2) is 27.5 Å². The number of aryl methyl sites for hydroxylation is 1. The Labute approximate surface area is 228 Å². The van der Waals surface area contributed by atoms with E-state index >= 15 is 0 Å². The molecule has 0 aliphatic carbocycles. The lowest BCUT2D eigenvalue weighted by Gasteiger charge is -2.29. The smallest absolute Gasteiger partial charge is 0.337 e. The molecule has 0 unspecified atom stereocenters. The monoisotopic (exact) mass is 539 g/mol. The number of carbonyl (C=O) groups excluding carboxylic acids is 1. The van der Waals surface area contributed by atoms with Gasteiger partial charge in [-0.15, -0.1) is 0 Å². The molecule has 7 heteroatoms. The number of hydrogen-bond donors (Lipinski definition) is 1. The summed E-state index contributed by atoms with van der Waals surface area (Å²) in [4.78, 5) is 27.8. The Balaban J connectivity index is 1.89. The topological polar surface area (TPSA) is 66.8 Å². The molecule has 37 heavy (non-hydrogen) atoms. The van der Waals surface area contributed by atoms with E-state index in [0.29, 0.717) is 34.3 Å². The second kappa shape index (κ2) is 10.1. The number of ether oxygens (including phenoxy) is 1. The molecule has 1 amide bonds. The van der Waals surface area contributed by atoms with E-state index < -0.39 is 17.7 Å². The van der Waals surface area contributed by atoms with Crippen LogP contribution in [0, 0.1) is 20.8 Å². The third kappa shape index (κ3) is 5.54. The fourth-order valence-electron chi connectivity index (χ4n) is 5.03. The summed E-state index contributed by atoms with van der Waals surface area (Å²) in [7, 11) is 0. The van der Waals surface area contributed by atoms with Gasteiger partial charge in [-0.3, -0.25) is 4.79 Å². The second-order valence-electron chi connectivity index (χ2n) is 10.6. The number of amides is 1. The quantitative estimate of drug-likeness (QED) is 0.361. The van der Waals surface area contributed by atoms with Crippen LogP contribution in [0.1, 0.15) is 70.6 Å². The van der Waals surface area contributed by atoms with Gasteiger partial charge >= 0.3 is 5.97 Å². The maximum atomic E-state index is 13.4. The summed E-state index contributed by atoms with van der Waals surface area (Å²) in [6.45, 7) is 12.2. The van der Waals surface area contributed by atoms with Crippen LogP contribution in [0.5, 0.6) is 0 Å². The maximum Gasteiger partial charge on any atom is 0.337 e. The molecule has 3 aromatic rings. The van der Waals surface area contributed by atoms with Crippen molar-refractivity contribution in [2.75, 3.05) is 0 Å². The molecule has 0 aromatic heterocycles. The molecular weight excluding hydrogens is 509 g/mol. The van der Waals surface area contributed by atoms with Crippen molar-refractivity contribution in [3.05, 3.63) is 91.5 Å². The number of carboxylic acids is 1. The third-order valence-corrected chi connectivity index (χ3v) is 7.15. The fourth-order valence-corrected chi connectivity index (χ4v) is 5.56. The number of fused-ring (bicyclic) bond motifs is 1. The van der Waals surface area contributed by atoms with Crippen LogP contribution in [0.3, 0.4) is 0 Å². The molecule has 0 radical (unpaired) electrons. The van der Waals surface area contributed by atoms with Crippen LogP contribution < -0.4 is 0 Å². The van der Waals surface area contributed by atoms with Crippen LogP contribution in [0.25, 0.3) is 11.1 Å². The lowest BCUT2D eigenvalue weighted by molar-refractivity contribution is -0.160. The molecule has 3 aromatic carbocycles. The van der Waals surface area contributed by atoms with E-state index in [0.717, 1.165) is 38.9 Å². The minimum Gasteiger partial charge on any atom is -0.479 e. The number of carbonyl (C=O) groups is 2. The predicted molar refractivity (Wildman–Crippen MR) is 147 cm³/mol. The van der Waals surface area contributed by atoms with Crippen molar-refractivity contribution < 1.29 is 19.4 Å². The highest BCUT2D eigenvalue weighted by atomic mass is 35.5. The Kier molecular flexibility index (Phi) is 7.44. The first-order valence-corrected chi connectivity index (χ1v) is 12.9. The van der Waals surface area contributed by atoms with Crippen molar-refractivity contribution in [3.63, 3.8) is 0 Å². The van der Waals surface area contributed by atoms with Crippen LogP contribution >= 0.6 is 23.2 Å². The first kappa shape index (κ1) is 27.2. The molecule has 0 fully saturated rings. The third-order valence-electron chi connectivity index (χ3n) is 6.71. The number of carboxylic acid groups (broad SMARTS) is 1. The standard InChI is InChI=1S/C30H31Cl2NO4/c1-16-7-9-19(10-8-16)25-17(2)23-14-33(28(34)20-11-21(31)13-22(32)12-20)15-24(23)18(3)26(25)27(29(35)36)37-30(4,5)6/h7-13,27H,14-15H2,1-6H3,(H,35,36)/t27-/m0/s1. The van der Waals surface area contributed by atoms with Crippen molar-refractivity contribution in [2.45, 2.75) is 66.3 Å². The number of halogens is 2. The SMILES string of the molecule is Cc1ccc(-c2c(C)c3c(c(C)c2[C@H](OC(C)(C)C)C(=O)O)CN(C(=O)c2cc(Cl)cc(Cl)c2)C3)cc1. The molecule has 0 saturated heterocycles. The summed E-state index contributed by atoms with van der Waals surface area (Å²) in [5.41, 5.74) is 6.98. The minimum absolute atomic E-state index is 0.182. The van der Waals surface area contributed by atoms with Crippen LogP contribution in [-0.2, 0) is 22.6 Å². The average molecular weight is 540 g/mol. The van der Waals surface area contributed by atoms with Gasteiger partial charge in [0.2, 0.25) is 0 Å². The van der Waals surface area contributed by atoms with E-state index in [9.17, 15) is 14.7 Å². The predicted octanol–water partition coefficient (Wildman–Crippen LogP) is 7.68. The van der Waals surface area contributed by atoms with Crippen molar-refractivity contribution in [2.24, 2.45) is 0 Å². The first-order chi connectivity index (χ1) is 17.3. The summed E-state index contributed by atoms with van der Waals surface area (Å²) >= 11 is 12.3. The molecule has 1 atom stereocenters. The molecule has 1 aliphatic heterocycles. The minimum atomic E-state index is -1.17. The zero-order valence-electron chi connectivity index (χ0n) is 21.9. The molecular formula is C30H31Cl2NO4. The summed E-state index contributed by atoms with van der Waals surface area (Å²) in [6, 6.07) is 12.9. The largest absolute Gasteiger partial charge is 0.479 e. The van der Waals surface area contributed by atoms with Crippen molar-refractivity contribution >= 4 is 35.1 Å². The van der Waals surface area contributed by atoms with Gasteiger partial charge in [0.25, 0.3) is 5.91 Å². The van der Waals surface area contributed by atoms with E-state index in [1.165, 1.54) is 0 Å². The van der Waals surface area contributed by atoms with Gasteiger partial charge in [0.15, 0.2) is 6.10 Å². The molecule has 1 N–H and O–H groups in total. The molecule has 0 spiro atoms. The molecule has 0 bridgehead atoms. The Morgan fingerprint density at radius 1 is 0.919 bits per heavy atom. The van der Waals surface area contributed by atoms with Crippen molar-refractivity contribution in [3.8, 4) is 11.1 Å². The molecule has 1 aliphatic rings. The first-order valence-electron chi connectivity index (χ1n) is 12.1. The number of benzene rings is 3. The summed E-state index contributed by atoms with van der Waals surface area (Å²) < 4.78 is 6.13. The van der Waals surface area contributed by atoms with Gasteiger partial charge in [0, 0.05) is 34.3 Å². The Morgan fingerprint density at radius 3 is 1.97 bits per heavy atom. The Hall–Kier alpha value is -2.86. The van der Waals surface area contributed by atoms with Crippen LogP contribution in [0.4, 0.5) is 0 Å². The summed E-state index contributed by atoms with van der Waals surface area (Å²) in [5, 5.41) is 11.1. The summed E-state index contributed by atoms with van der Waals surface area (Å²) in [6.07, 6.45) is -1.17. The van der Waals surface area contributed by atoms with Crippen molar-refractivity contribution in [1.29, 1.82) is 0 Å². The van der Waals surface area contributed by atoms with Crippen molar-refractivity contribution in [1.82, 2.24) is 4.90 Å². The maximum absolute atomic E-state index is 13.4. The number of aliphatic carboxylic acids is 1. The molecule has 4 rings (SSSR count). The van der Waals surface area contributed by atoms with Gasteiger partial charge in [-0.1, -0.05) is 53.0 Å². The van der Waals surface area contributed by atoms with Gasteiger partial charge in [0.05, 0.1) is 5.60 Å². The van der Waals surface area contributed by atoms with E-state index in [1.54, 1.807) is 23.1 Å². The lowest BCUT2D eigenvalue weighted by atomic mass is 9.83. The molecule has 194 valence electrons. The molecule has 5 nitrogen and oxygen atoms in total. The highest BCUT2D eigenvalue weighted by molar-refractivity contribution is 6.35. The number of rotatable bonds is 5. The van der Waals surface area contributed by atoms with Crippen LogP contribution in [0.15, 0.2) is 42.5 Å². The van der Waals surface area contributed by atoms with Gasteiger partial charge in [0.1, 0.15) is 0 Å². The Bertz CT molecular complexity index is 1370.